The fraction of sp³-hybridized carbons (Fsp3) is 0.875. The van der Waals surface area contributed by atoms with Crippen molar-refractivity contribution in [3.63, 3.8) is 0 Å². The van der Waals surface area contributed by atoms with E-state index in [1.165, 1.54) is 0 Å². The van der Waals surface area contributed by atoms with Crippen molar-refractivity contribution in [1.82, 2.24) is 0 Å². The lowest BCUT2D eigenvalue weighted by atomic mass is 9.96. The quantitative estimate of drug-likeness (QED) is 0.637. The van der Waals surface area contributed by atoms with E-state index in [1.807, 2.05) is 0 Å². The maximum Gasteiger partial charge on any atom is 0.344 e. The standard InChI is InChI=1S/C8H17ClN2O2/c1-8(11,7(12)13-9)5-3-2-4-6-10/h2-6,10-11H2,1H3/t8-/m1/s1. The Morgan fingerprint density at radius 3 is 2.54 bits per heavy atom. The first kappa shape index (κ1) is 12.7. The maximum absolute atomic E-state index is 11.0. The number of hydrogen-bond donors (Lipinski definition) is 2. The van der Waals surface area contributed by atoms with E-state index >= 15 is 0 Å². The first-order valence-electron chi connectivity index (χ1n) is 4.36. The second-order valence-corrected chi connectivity index (χ2v) is 3.54. The molecule has 0 saturated carbocycles. The molecule has 13 heavy (non-hydrogen) atoms. The van der Waals surface area contributed by atoms with E-state index < -0.39 is 11.5 Å². The number of carbonyl (C=O) groups excluding carboxylic acids is 1. The molecule has 1 atom stereocenters. The van der Waals surface area contributed by atoms with Crippen molar-refractivity contribution >= 4 is 17.8 Å². The van der Waals surface area contributed by atoms with Gasteiger partial charge in [-0.05, 0) is 26.3 Å². The maximum atomic E-state index is 11.0. The summed E-state index contributed by atoms with van der Waals surface area (Å²) in [5, 5.41) is 0. The lowest BCUT2D eigenvalue weighted by molar-refractivity contribution is -0.139. The summed E-state index contributed by atoms with van der Waals surface area (Å²) in [5.74, 6) is -0.582. The van der Waals surface area contributed by atoms with E-state index in [-0.39, 0.29) is 0 Å². The predicted octanol–water partition coefficient (Wildman–Crippen LogP) is 0.920. The zero-order chi connectivity index (χ0) is 10.3. The summed E-state index contributed by atoms with van der Waals surface area (Å²) in [6, 6.07) is 0. The number of rotatable bonds is 6. The van der Waals surface area contributed by atoms with Gasteiger partial charge in [-0.3, -0.25) is 0 Å². The van der Waals surface area contributed by atoms with Gasteiger partial charge in [-0.15, -0.1) is 0 Å². The fourth-order valence-corrected chi connectivity index (χ4v) is 1.18. The Morgan fingerprint density at radius 1 is 1.46 bits per heavy atom. The van der Waals surface area contributed by atoms with Crippen LogP contribution in [0.3, 0.4) is 0 Å². The van der Waals surface area contributed by atoms with Crippen molar-refractivity contribution < 1.29 is 9.08 Å². The first-order valence-corrected chi connectivity index (χ1v) is 4.67. The molecular formula is C8H17ClN2O2. The number of nitrogens with two attached hydrogens (primary N) is 2. The van der Waals surface area contributed by atoms with Crippen LogP contribution in [0.15, 0.2) is 0 Å². The van der Waals surface area contributed by atoms with Gasteiger partial charge in [0.2, 0.25) is 0 Å². The summed E-state index contributed by atoms with van der Waals surface area (Å²) in [6.45, 7) is 2.28. The Bertz CT molecular complexity index is 162. The third-order valence-corrected chi connectivity index (χ3v) is 2.08. The zero-order valence-corrected chi connectivity index (χ0v) is 8.64. The summed E-state index contributed by atoms with van der Waals surface area (Å²) < 4.78 is 4.06. The van der Waals surface area contributed by atoms with Gasteiger partial charge in [0.15, 0.2) is 0 Å². The SMILES string of the molecule is C[C@@](N)(CCCCCN)C(=O)OCl. The minimum atomic E-state index is -0.976. The molecule has 0 unspecified atom stereocenters. The van der Waals surface area contributed by atoms with Gasteiger partial charge in [0.05, 0.1) is 0 Å². The zero-order valence-electron chi connectivity index (χ0n) is 7.88. The van der Waals surface area contributed by atoms with Crippen LogP contribution in [0.25, 0.3) is 0 Å². The van der Waals surface area contributed by atoms with E-state index in [0.29, 0.717) is 13.0 Å². The van der Waals surface area contributed by atoms with Crippen LogP contribution in [0.5, 0.6) is 0 Å². The summed E-state index contributed by atoms with van der Waals surface area (Å²) in [5.41, 5.74) is 10.0. The van der Waals surface area contributed by atoms with Crippen LogP contribution in [0.2, 0.25) is 0 Å². The second-order valence-electron chi connectivity index (χ2n) is 3.38. The van der Waals surface area contributed by atoms with Crippen molar-refractivity contribution in [3.05, 3.63) is 0 Å². The molecule has 0 radical (unpaired) electrons. The number of hydrogen-bond acceptors (Lipinski definition) is 4. The van der Waals surface area contributed by atoms with E-state index in [9.17, 15) is 4.79 Å². The van der Waals surface area contributed by atoms with E-state index in [2.05, 4.69) is 4.29 Å². The van der Waals surface area contributed by atoms with Gasteiger partial charge >= 0.3 is 5.97 Å². The molecule has 0 aromatic carbocycles. The molecule has 0 amide bonds. The van der Waals surface area contributed by atoms with E-state index in [4.69, 9.17) is 23.3 Å². The monoisotopic (exact) mass is 208 g/mol. The topological polar surface area (TPSA) is 78.3 Å². The molecule has 0 saturated heterocycles. The molecule has 4 nitrogen and oxygen atoms in total. The number of halogens is 1. The fourth-order valence-electron chi connectivity index (χ4n) is 1.00. The van der Waals surface area contributed by atoms with Crippen molar-refractivity contribution in [2.45, 2.75) is 38.1 Å². The molecule has 0 rings (SSSR count). The van der Waals surface area contributed by atoms with Crippen LogP contribution in [-0.4, -0.2) is 18.1 Å². The Morgan fingerprint density at radius 2 is 2.08 bits per heavy atom. The number of carbonyl (C=O) groups is 1. The Balaban J connectivity index is 3.69. The first-order chi connectivity index (χ1) is 6.04. The third-order valence-electron chi connectivity index (χ3n) is 1.94. The molecule has 0 aliphatic rings. The Labute approximate surface area is 83.7 Å². The average Bonchev–Trinajstić information content (AvgIpc) is 2.11. The van der Waals surface area contributed by atoms with Crippen LogP contribution in [0.4, 0.5) is 0 Å². The molecule has 5 heteroatoms. The van der Waals surface area contributed by atoms with Crippen LogP contribution in [0, 0.1) is 0 Å². The largest absolute Gasteiger partial charge is 0.346 e. The molecule has 0 fully saturated rings. The smallest absolute Gasteiger partial charge is 0.344 e. The molecule has 78 valence electrons. The minimum Gasteiger partial charge on any atom is -0.346 e. The molecule has 0 aromatic heterocycles. The lowest BCUT2D eigenvalue weighted by Gasteiger charge is -2.19. The molecule has 0 spiro atoms. The highest BCUT2D eigenvalue weighted by Crippen LogP contribution is 2.14. The van der Waals surface area contributed by atoms with Crippen LogP contribution < -0.4 is 11.5 Å². The molecule has 0 aromatic rings. The Hall–Kier alpha value is -0.320. The predicted molar refractivity (Wildman–Crippen MR) is 52.1 cm³/mol. The van der Waals surface area contributed by atoms with Crippen molar-refractivity contribution in [2.75, 3.05) is 6.54 Å². The van der Waals surface area contributed by atoms with E-state index in [1.54, 1.807) is 6.92 Å². The Kier molecular flexibility index (Phi) is 6.03. The third kappa shape index (κ3) is 5.08. The van der Waals surface area contributed by atoms with Gasteiger partial charge in [-0.25, -0.2) is 4.79 Å². The van der Waals surface area contributed by atoms with Gasteiger partial charge in [0, 0.05) is 0 Å². The summed E-state index contributed by atoms with van der Waals surface area (Å²) in [4.78, 5) is 11.0. The summed E-state index contributed by atoms with van der Waals surface area (Å²) in [7, 11) is 0. The minimum absolute atomic E-state index is 0.568. The molecule has 4 N–H and O–H groups in total. The highest BCUT2D eigenvalue weighted by atomic mass is 35.5. The average molecular weight is 209 g/mol. The van der Waals surface area contributed by atoms with Crippen molar-refractivity contribution in [2.24, 2.45) is 11.5 Å². The van der Waals surface area contributed by atoms with Crippen molar-refractivity contribution in [3.8, 4) is 0 Å². The molecular weight excluding hydrogens is 192 g/mol. The second kappa shape index (κ2) is 6.18. The summed E-state index contributed by atoms with van der Waals surface area (Å²) >= 11 is 4.93. The van der Waals surface area contributed by atoms with Crippen LogP contribution >= 0.6 is 11.9 Å². The lowest BCUT2D eigenvalue weighted by Crippen LogP contribution is -2.45. The highest BCUT2D eigenvalue weighted by molar-refractivity contribution is 6.14. The number of unbranched alkanes of at least 4 members (excludes halogenated alkanes) is 2. The summed E-state index contributed by atoms with van der Waals surface area (Å²) in [6.07, 6.45) is 3.35. The van der Waals surface area contributed by atoms with Crippen LogP contribution in [-0.2, 0) is 9.08 Å². The van der Waals surface area contributed by atoms with Crippen molar-refractivity contribution in [1.29, 1.82) is 0 Å². The highest BCUT2D eigenvalue weighted by Gasteiger charge is 2.29. The van der Waals surface area contributed by atoms with Gasteiger partial charge in [-0.2, -0.15) is 0 Å². The molecule has 0 heterocycles. The molecule has 0 aliphatic heterocycles. The van der Waals surface area contributed by atoms with Gasteiger partial charge < -0.3 is 15.8 Å². The van der Waals surface area contributed by atoms with E-state index in [0.717, 1.165) is 19.3 Å². The van der Waals surface area contributed by atoms with Gasteiger partial charge in [-0.1, -0.05) is 12.8 Å². The molecule has 0 aliphatic carbocycles. The van der Waals surface area contributed by atoms with Gasteiger partial charge in [0.1, 0.15) is 17.4 Å². The molecule has 0 bridgehead atoms. The normalized spacial score (nSPS) is 15.1. The van der Waals surface area contributed by atoms with Gasteiger partial charge in [0.25, 0.3) is 0 Å². The van der Waals surface area contributed by atoms with Crippen LogP contribution in [0.1, 0.15) is 32.6 Å².